The Hall–Kier alpha value is -5.90. The van der Waals surface area contributed by atoms with Crippen LogP contribution in [0.3, 0.4) is 0 Å². The van der Waals surface area contributed by atoms with Gasteiger partial charge in [0.15, 0.2) is 0 Å². The lowest BCUT2D eigenvalue weighted by atomic mass is 10.0. The SMILES string of the molecule is COc1c(CN2C(=O)c3ccccc3C2=O)cc(CN2C(=O)c3ccccc3C2=O)cc1CN1C(=O)c2ccccc2C1=O. The third kappa shape index (κ3) is 4.03. The van der Waals surface area contributed by atoms with Crippen molar-refractivity contribution in [3.8, 4) is 5.75 Å². The Labute approximate surface area is 251 Å². The predicted octanol–water partition coefficient (Wildman–Crippen LogP) is 4.08. The highest BCUT2D eigenvalue weighted by Crippen LogP contribution is 2.35. The molecule has 0 saturated heterocycles. The molecule has 0 aromatic heterocycles. The van der Waals surface area contributed by atoms with Gasteiger partial charge in [0.2, 0.25) is 0 Å². The van der Waals surface area contributed by atoms with Gasteiger partial charge in [-0.15, -0.1) is 0 Å². The van der Waals surface area contributed by atoms with Crippen LogP contribution in [0.2, 0.25) is 0 Å². The third-order valence-electron chi connectivity index (χ3n) is 8.14. The van der Waals surface area contributed by atoms with Crippen molar-refractivity contribution >= 4 is 35.4 Å². The molecule has 0 atom stereocenters. The first-order chi connectivity index (χ1) is 21.3. The van der Waals surface area contributed by atoms with Crippen molar-refractivity contribution in [1.82, 2.24) is 14.7 Å². The number of nitrogens with zero attached hydrogens (tertiary/aromatic N) is 3. The van der Waals surface area contributed by atoms with Gasteiger partial charge in [-0.3, -0.25) is 43.5 Å². The molecule has 6 amide bonds. The normalized spacial score (nSPS) is 15.3. The van der Waals surface area contributed by atoms with E-state index in [2.05, 4.69) is 0 Å². The molecule has 10 nitrogen and oxygen atoms in total. The highest BCUT2D eigenvalue weighted by Gasteiger charge is 2.39. The number of fused-ring (bicyclic) bond motifs is 3. The van der Waals surface area contributed by atoms with Crippen LogP contribution in [0.5, 0.6) is 5.75 Å². The minimum Gasteiger partial charge on any atom is -0.496 e. The van der Waals surface area contributed by atoms with Gasteiger partial charge in [0.05, 0.1) is 60.1 Å². The lowest BCUT2D eigenvalue weighted by Gasteiger charge is -2.23. The minimum absolute atomic E-state index is 0.124. The molecule has 0 bridgehead atoms. The zero-order valence-electron chi connectivity index (χ0n) is 23.4. The van der Waals surface area contributed by atoms with Gasteiger partial charge in [0.25, 0.3) is 35.4 Å². The summed E-state index contributed by atoms with van der Waals surface area (Å²) in [5, 5.41) is 0. The minimum atomic E-state index is -0.472. The summed E-state index contributed by atoms with van der Waals surface area (Å²) in [6, 6.07) is 22.9. The summed E-state index contributed by atoms with van der Waals surface area (Å²) in [6.07, 6.45) is 0. The van der Waals surface area contributed by atoms with Crippen molar-refractivity contribution in [3.05, 3.63) is 135 Å². The fraction of sp³-hybridized carbons (Fsp3) is 0.118. The molecule has 0 spiro atoms. The van der Waals surface area contributed by atoms with Gasteiger partial charge >= 0.3 is 0 Å². The van der Waals surface area contributed by atoms with Crippen molar-refractivity contribution in [3.63, 3.8) is 0 Å². The monoisotopic (exact) mass is 585 g/mol. The lowest BCUT2D eigenvalue weighted by Crippen LogP contribution is -2.32. The van der Waals surface area contributed by atoms with Gasteiger partial charge < -0.3 is 4.74 Å². The molecule has 4 aromatic carbocycles. The Bertz CT molecular complexity index is 1780. The van der Waals surface area contributed by atoms with Crippen molar-refractivity contribution in [1.29, 1.82) is 0 Å². The molecule has 3 heterocycles. The standard InChI is InChI=1S/C34H23N3O7/c1-44-28-20(17-36-31(40)24-10-4-5-11-25(24)32(36)41)14-19(16-35-29(38)22-8-2-3-9-23(22)30(35)39)15-21(28)18-37-33(42)26-12-6-7-13-27(26)34(37)43/h2-15H,16-18H2,1H3. The molecule has 3 aliphatic rings. The Morgan fingerprint density at radius 2 is 0.727 bits per heavy atom. The molecule has 0 fully saturated rings. The maximum Gasteiger partial charge on any atom is 0.261 e. The van der Waals surface area contributed by atoms with Crippen LogP contribution in [0.15, 0.2) is 84.9 Å². The number of hydrogen-bond acceptors (Lipinski definition) is 7. The Balaban J connectivity index is 1.28. The van der Waals surface area contributed by atoms with Gasteiger partial charge in [-0.25, -0.2) is 0 Å². The van der Waals surface area contributed by atoms with Crippen molar-refractivity contribution in [2.75, 3.05) is 7.11 Å². The van der Waals surface area contributed by atoms with Crippen molar-refractivity contribution in [2.45, 2.75) is 19.6 Å². The molecule has 44 heavy (non-hydrogen) atoms. The molecule has 0 unspecified atom stereocenters. The Morgan fingerprint density at radius 3 is 1.00 bits per heavy atom. The van der Waals surface area contributed by atoms with Crippen LogP contribution < -0.4 is 4.74 Å². The van der Waals surface area contributed by atoms with E-state index in [1.807, 2.05) is 0 Å². The highest BCUT2D eigenvalue weighted by molar-refractivity contribution is 6.22. The van der Waals surface area contributed by atoms with E-state index in [1.165, 1.54) is 7.11 Å². The Morgan fingerprint density at radius 1 is 0.455 bits per heavy atom. The molecular formula is C34H23N3O7. The summed E-state index contributed by atoms with van der Waals surface area (Å²) in [5.74, 6) is -2.53. The molecule has 0 aliphatic carbocycles. The zero-order valence-corrected chi connectivity index (χ0v) is 23.4. The fourth-order valence-corrected chi connectivity index (χ4v) is 6.09. The molecule has 3 aliphatic heterocycles. The van der Waals surface area contributed by atoms with Crippen molar-refractivity contribution < 1.29 is 33.5 Å². The number of methoxy groups -OCH3 is 1. The average molecular weight is 586 g/mol. The van der Waals surface area contributed by atoms with Crippen LogP contribution in [0, 0.1) is 0 Å². The zero-order chi connectivity index (χ0) is 30.7. The Kier molecular flexibility index (Phi) is 6.21. The van der Waals surface area contributed by atoms with Crippen LogP contribution in [0.1, 0.15) is 78.8 Å². The van der Waals surface area contributed by atoms with E-state index >= 15 is 0 Å². The van der Waals surface area contributed by atoms with Gasteiger partial charge in [0, 0.05) is 11.1 Å². The third-order valence-corrected chi connectivity index (χ3v) is 8.14. The first-order valence-corrected chi connectivity index (χ1v) is 13.8. The number of hydrogen-bond donors (Lipinski definition) is 0. The van der Waals surface area contributed by atoms with Gasteiger partial charge in [-0.2, -0.15) is 0 Å². The second-order valence-corrected chi connectivity index (χ2v) is 10.7. The number of carbonyl (C=O) groups excluding carboxylic acids is 6. The molecule has 0 N–H and O–H groups in total. The summed E-state index contributed by atoms with van der Waals surface area (Å²) in [5.41, 5.74) is 3.01. The van der Waals surface area contributed by atoms with Crippen LogP contribution >= 0.6 is 0 Å². The summed E-state index contributed by atoms with van der Waals surface area (Å²) in [6.45, 7) is -0.484. The number of ether oxygens (including phenoxy) is 1. The topological polar surface area (TPSA) is 121 Å². The summed E-state index contributed by atoms with van der Waals surface area (Å²) in [7, 11) is 1.41. The van der Waals surface area contributed by atoms with E-state index in [-0.39, 0.29) is 47.6 Å². The van der Waals surface area contributed by atoms with E-state index in [0.29, 0.717) is 27.8 Å². The summed E-state index contributed by atoms with van der Waals surface area (Å²) >= 11 is 0. The number of amides is 6. The van der Waals surface area contributed by atoms with E-state index in [9.17, 15) is 28.8 Å². The van der Waals surface area contributed by atoms with Crippen LogP contribution in [0.4, 0.5) is 0 Å². The summed E-state index contributed by atoms with van der Waals surface area (Å²) < 4.78 is 5.76. The number of benzene rings is 4. The number of carbonyl (C=O) groups is 6. The van der Waals surface area contributed by atoms with E-state index in [4.69, 9.17) is 4.74 Å². The second kappa shape index (κ2) is 10.1. The van der Waals surface area contributed by atoms with E-state index in [0.717, 1.165) is 14.7 Å². The fourth-order valence-electron chi connectivity index (χ4n) is 6.09. The summed E-state index contributed by atoms with van der Waals surface area (Å²) in [4.78, 5) is 82.6. The molecule has 10 heteroatoms. The quantitative estimate of drug-likeness (QED) is 0.300. The van der Waals surface area contributed by atoms with Gasteiger partial charge in [-0.1, -0.05) is 36.4 Å². The molecule has 7 rings (SSSR count). The molecular weight excluding hydrogens is 562 g/mol. The molecule has 0 radical (unpaired) electrons. The van der Waals surface area contributed by atoms with Crippen LogP contribution in [-0.4, -0.2) is 57.3 Å². The predicted molar refractivity (Wildman–Crippen MR) is 155 cm³/mol. The maximum absolute atomic E-state index is 13.2. The van der Waals surface area contributed by atoms with E-state index < -0.39 is 35.4 Å². The first-order valence-electron chi connectivity index (χ1n) is 13.8. The molecule has 216 valence electrons. The average Bonchev–Trinajstić information content (AvgIpc) is 3.54. The van der Waals surface area contributed by atoms with E-state index in [1.54, 1.807) is 84.9 Å². The number of imide groups is 3. The first kappa shape index (κ1) is 27.0. The van der Waals surface area contributed by atoms with Crippen LogP contribution in [0.25, 0.3) is 0 Å². The van der Waals surface area contributed by atoms with Crippen LogP contribution in [-0.2, 0) is 19.6 Å². The molecule has 4 aromatic rings. The highest BCUT2D eigenvalue weighted by atomic mass is 16.5. The largest absolute Gasteiger partial charge is 0.496 e. The smallest absolute Gasteiger partial charge is 0.261 e. The van der Waals surface area contributed by atoms with Gasteiger partial charge in [0.1, 0.15) is 5.75 Å². The molecule has 0 saturated carbocycles. The maximum atomic E-state index is 13.2. The van der Waals surface area contributed by atoms with Gasteiger partial charge in [-0.05, 0) is 54.1 Å². The second-order valence-electron chi connectivity index (χ2n) is 10.7. The number of rotatable bonds is 7. The van der Waals surface area contributed by atoms with Crippen molar-refractivity contribution in [2.24, 2.45) is 0 Å². The lowest BCUT2D eigenvalue weighted by molar-refractivity contribution is 0.0629.